The summed E-state index contributed by atoms with van der Waals surface area (Å²) in [4.78, 5) is 39.7. The summed E-state index contributed by atoms with van der Waals surface area (Å²) >= 11 is 0. The number of amides is 4. The van der Waals surface area contributed by atoms with E-state index in [0.29, 0.717) is 49.5 Å². The lowest BCUT2D eigenvalue weighted by Gasteiger charge is -2.32. The number of rotatable bonds is 6. The van der Waals surface area contributed by atoms with Crippen molar-refractivity contribution in [3.8, 4) is 5.75 Å². The van der Waals surface area contributed by atoms with E-state index in [0.717, 1.165) is 0 Å². The predicted octanol–water partition coefficient (Wildman–Crippen LogP) is 0.755. The number of imide groups is 1. The van der Waals surface area contributed by atoms with E-state index >= 15 is 0 Å². The Bertz CT molecular complexity index is 745. The number of urea groups is 1. The molecule has 0 saturated carbocycles. The second kappa shape index (κ2) is 9.03. The highest BCUT2D eigenvalue weighted by molar-refractivity contribution is 6.07. The highest BCUT2D eigenvalue weighted by Gasteiger charge is 2.29. The maximum Gasteiger partial charge on any atom is 0.328 e. The van der Waals surface area contributed by atoms with Gasteiger partial charge in [0.25, 0.3) is 5.91 Å². The average Bonchev–Trinajstić information content (AvgIpc) is 2.71. The van der Waals surface area contributed by atoms with Crippen LogP contribution in [0.3, 0.4) is 0 Å². The first kappa shape index (κ1) is 20.1. The minimum Gasteiger partial charge on any atom is -0.495 e. The van der Waals surface area contributed by atoms with E-state index in [9.17, 15) is 14.4 Å². The van der Waals surface area contributed by atoms with E-state index in [1.165, 1.54) is 12.0 Å². The van der Waals surface area contributed by atoms with Crippen LogP contribution in [0.5, 0.6) is 5.75 Å². The van der Waals surface area contributed by atoms with E-state index in [-0.39, 0.29) is 37.5 Å². The van der Waals surface area contributed by atoms with Crippen LogP contribution in [-0.4, -0.2) is 73.9 Å². The number of benzene rings is 1. The summed E-state index contributed by atoms with van der Waals surface area (Å²) in [5.41, 5.74) is 0.912. The molecule has 9 heteroatoms. The molecule has 1 aromatic rings. The van der Waals surface area contributed by atoms with Crippen LogP contribution in [0.4, 0.5) is 10.5 Å². The van der Waals surface area contributed by atoms with Crippen LogP contribution in [0.15, 0.2) is 18.2 Å². The Morgan fingerprint density at radius 1 is 1.25 bits per heavy atom. The molecule has 2 fully saturated rings. The molecule has 2 saturated heterocycles. The monoisotopic (exact) mass is 391 g/mol. The Morgan fingerprint density at radius 3 is 2.64 bits per heavy atom. The van der Waals surface area contributed by atoms with Gasteiger partial charge in [-0.2, -0.15) is 0 Å². The number of hydrogen-bond acceptors (Lipinski definition) is 6. The van der Waals surface area contributed by atoms with Gasteiger partial charge in [0.1, 0.15) is 5.75 Å². The first-order valence-electron chi connectivity index (χ1n) is 9.34. The van der Waals surface area contributed by atoms with E-state index in [4.69, 9.17) is 14.6 Å². The van der Waals surface area contributed by atoms with Gasteiger partial charge in [0.05, 0.1) is 32.1 Å². The molecule has 3 rings (SSSR count). The summed E-state index contributed by atoms with van der Waals surface area (Å²) in [7, 11) is 1.49. The number of piperidine rings is 1. The van der Waals surface area contributed by atoms with Crippen LogP contribution in [0.1, 0.15) is 29.6 Å². The van der Waals surface area contributed by atoms with Crippen LogP contribution < -0.4 is 15.0 Å². The third-order valence-electron chi connectivity index (χ3n) is 4.94. The zero-order valence-corrected chi connectivity index (χ0v) is 15.8. The van der Waals surface area contributed by atoms with Crippen molar-refractivity contribution < 1.29 is 29.0 Å². The lowest BCUT2D eigenvalue weighted by molar-refractivity contribution is -0.120. The van der Waals surface area contributed by atoms with Crippen molar-refractivity contribution in [3.63, 3.8) is 0 Å². The number of aliphatic hydroxyl groups excluding tert-OH is 1. The minimum absolute atomic E-state index is 0.0105. The van der Waals surface area contributed by atoms with Gasteiger partial charge in [-0.1, -0.05) is 0 Å². The maximum absolute atomic E-state index is 12.9. The third kappa shape index (κ3) is 4.42. The Kier molecular flexibility index (Phi) is 6.48. The van der Waals surface area contributed by atoms with Gasteiger partial charge in [-0.05, 0) is 31.0 Å². The molecular weight excluding hydrogens is 366 g/mol. The third-order valence-corrected chi connectivity index (χ3v) is 4.94. The molecule has 2 heterocycles. The van der Waals surface area contributed by atoms with Gasteiger partial charge in [-0.3, -0.25) is 19.8 Å². The van der Waals surface area contributed by atoms with Crippen LogP contribution in [0.2, 0.25) is 0 Å². The van der Waals surface area contributed by atoms with Gasteiger partial charge in [-0.15, -0.1) is 0 Å². The van der Waals surface area contributed by atoms with Gasteiger partial charge in [0.15, 0.2) is 0 Å². The topological polar surface area (TPSA) is 108 Å². The molecule has 4 amide bonds. The molecule has 2 N–H and O–H groups in total. The summed E-state index contributed by atoms with van der Waals surface area (Å²) in [6.45, 7) is 1.65. The predicted molar refractivity (Wildman–Crippen MR) is 100 cm³/mol. The number of nitrogens with one attached hydrogen (secondary N) is 1. The molecule has 152 valence electrons. The molecule has 1 aromatic carbocycles. The quantitative estimate of drug-likeness (QED) is 0.741. The Hall–Kier alpha value is -2.65. The first-order chi connectivity index (χ1) is 13.5. The lowest BCUT2D eigenvalue weighted by Crippen LogP contribution is -2.49. The molecule has 0 unspecified atom stereocenters. The number of hydrogen-bond donors (Lipinski definition) is 2. The van der Waals surface area contributed by atoms with E-state index in [1.54, 1.807) is 23.1 Å². The summed E-state index contributed by atoms with van der Waals surface area (Å²) in [6.07, 6.45) is 1.67. The summed E-state index contributed by atoms with van der Waals surface area (Å²) in [5.74, 6) is 0.00824. The van der Waals surface area contributed by atoms with E-state index < -0.39 is 6.03 Å². The fourth-order valence-electron chi connectivity index (χ4n) is 3.46. The zero-order chi connectivity index (χ0) is 20.1. The van der Waals surface area contributed by atoms with Crippen LogP contribution in [0.25, 0.3) is 0 Å². The van der Waals surface area contributed by atoms with Crippen LogP contribution in [0, 0.1) is 0 Å². The lowest BCUT2D eigenvalue weighted by atomic mass is 10.1. The highest BCUT2D eigenvalue weighted by atomic mass is 16.5. The number of carbonyl (C=O) groups is 3. The number of carbonyl (C=O) groups excluding carboxylic acids is 3. The normalized spacial score (nSPS) is 18.2. The Balaban J connectivity index is 1.73. The van der Waals surface area contributed by atoms with Gasteiger partial charge >= 0.3 is 6.03 Å². The number of aliphatic hydroxyl groups is 1. The molecule has 0 atom stereocenters. The Labute approximate surface area is 163 Å². The van der Waals surface area contributed by atoms with Crippen molar-refractivity contribution in [1.29, 1.82) is 0 Å². The number of methoxy groups -OCH3 is 1. The molecule has 0 spiro atoms. The van der Waals surface area contributed by atoms with Crippen molar-refractivity contribution >= 4 is 23.5 Å². The minimum atomic E-state index is -0.527. The van der Waals surface area contributed by atoms with Gasteiger partial charge in [0, 0.05) is 31.6 Å². The standard InChI is InChI=1S/C19H25N3O6/c1-27-16-3-2-13(12-15(16)22-9-6-17(24)20-19(22)26)18(25)21-7-4-14(5-8-21)28-11-10-23/h2-3,12,14,23H,4-11H2,1H3,(H,20,24,26). The van der Waals surface area contributed by atoms with Crippen molar-refractivity contribution in [3.05, 3.63) is 23.8 Å². The van der Waals surface area contributed by atoms with Gasteiger partial charge in [-0.25, -0.2) is 4.79 Å². The molecule has 0 radical (unpaired) electrons. The summed E-state index contributed by atoms with van der Waals surface area (Å²) < 4.78 is 10.9. The van der Waals surface area contributed by atoms with Crippen molar-refractivity contribution in [2.75, 3.05) is 44.9 Å². The maximum atomic E-state index is 12.9. The fourth-order valence-corrected chi connectivity index (χ4v) is 3.46. The second-order valence-electron chi connectivity index (χ2n) is 6.73. The van der Waals surface area contributed by atoms with Crippen LogP contribution in [-0.2, 0) is 9.53 Å². The largest absolute Gasteiger partial charge is 0.495 e. The molecule has 9 nitrogen and oxygen atoms in total. The van der Waals surface area contributed by atoms with E-state index in [1.807, 2.05) is 0 Å². The second-order valence-corrected chi connectivity index (χ2v) is 6.73. The highest BCUT2D eigenvalue weighted by Crippen LogP contribution is 2.31. The van der Waals surface area contributed by atoms with Gasteiger partial charge in [0.2, 0.25) is 5.91 Å². The molecule has 2 aliphatic heterocycles. The molecule has 0 bridgehead atoms. The van der Waals surface area contributed by atoms with Crippen molar-refractivity contribution in [2.24, 2.45) is 0 Å². The SMILES string of the molecule is COc1ccc(C(=O)N2CCC(OCCO)CC2)cc1N1CCC(=O)NC1=O. The summed E-state index contributed by atoms with van der Waals surface area (Å²) in [5, 5.41) is 11.1. The van der Waals surface area contributed by atoms with Crippen molar-refractivity contribution in [1.82, 2.24) is 10.2 Å². The number of nitrogens with zero attached hydrogens (tertiary/aromatic N) is 2. The first-order valence-corrected chi connectivity index (χ1v) is 9.34. The molecule has 2 aliphatic rings. The molecule has 0 aromatic heterocycles. The van der Waals surface area contributed by atoms with Crippen LogP contribution >= 0.6 is 0 Å². The molecule has 28 heavy (non-hydrogen) atoms. The average molecular weight is 391 g/mol. The zero-order valence-electron chi connectivity index (χ0n) is 15.8. The summed E-state index contributed by atoms with van der Waals surface area (Å²) in [6, 6.07) is 4.43. The molecular formula is C19H25N3O6. The Morgan fingerprint density at radius 2 is 2.00 bits per heavy atom. The smallest absolute Gasteiger partial charge is 0.328 e. The number of likely N-dealkylation sites (tertiary alicyclic amines) is 1. The van der Waals surface area contributed by atoms with Gasteiger partial charge < -0.3 is 19.5 Å². The number of ether oxygens (including phenoxy) is 2. The van der Waals surface area contributed by atoms with Crippen molar-refractivity contribution in [2.45, 2.75) is 25.4 Å². The molecule has 0 aliphatic carbocycles. The fraction of sp³-hybridized carbons (Fsp3) is 0.526. The van der Waals surface area contributed by atoms with E-state index in [2.05, 4.69) is 5.32 Å². The number of anilines is 1.